The number of carbonyl (C=O) groups is 4. The van der Waals surface area contributed by atoms with E-state index in [1.807, 2.05) is 12.1 Å². The van der Waals surface area contributed by atoms with Crippen molar-refractivity contribution in [2.24, 2.45) is 5.92 Å². The average Bonchev–Trinajstić information content (AvgIpc) is 3.36. The maximum atomic E-state index is 12.5. The highest BCUT2D eigenvalue weighted by molar-refractivity contribution is 6.09. The van der Waals surface area contributed by atoms with Crippen LogP contribution in [0.4, 0.5) is 4.79 Å². The van der Waals surface area contributed by atoms with Crippen LogP contribution in [0.2, 0.25) is 0 Å². The standard InChI is InChI=1S/C20H22N2O5/c1-20(15-7-8-15)18(25)22(19(26)21-20)10-17(24)27-11-16(23)14-6-5-12-3-2-4-13(12)9-14/h5-6,9,15H,2-4,7-8,10-11H2,1H3,(H,21,26)/t20-/m1/s1. The molecule has 1 aromatic carbocycles. The number of rotatable bonds is 6. The van der Waals surface area contributed by atoms with E-state index < -0.39 is 36.6 Å². The van der Waals surface area contributed by atoms with E-state index in [4.69, 9.17) is 4.74 Å². The van der Waals surface area contributed by atoms with Gasteiger partial charge in [0.2, 0.25) is 0 Å². The van der Waals surface area contributed by atoms with E-state index >= 15 is 0 Å². The quantitative estimate of drug-likeness (QED) is 0.467. The molecule has 1 N–H and O–H groups in total. The summed E-state index contributed by atoms with van der Waals surface area (Å²) in [4.78, 5) is 49.8. The van der Waals surface area contributed by atoms with Crippen LogP contribution in [0.15, 0.2) is 18.2 Å². The molecule has 2 fully saturated rings. The topological polar surface area (TPSA) is 92.8 Å². The first-order valence-electron chi connectivity index (χ1n) is 9.33. The molecule has 7 heteroatoms. The molecule has 3 aliphatic rings. The Morgan fingerprint density at radius 1 is 1.22 bits per heavy atom. The molecule has 0 aromatic heterocycles. The van der Waals surface area contributed by atoms with Crippen molar-refractivity contribution in [2.45, 2.75) is 44.6 Å². The van der Waals surface area contributed by atoms with Crippen LogP contribution in [0.1, 0.15) is 47.7 Å². The molecule has 142 valence electrons. The molecule has 27 heavy (non-hydrogen) atoms. The third-order valence-electron chi connectivity index (χ3n) is 5.77. The summed E-state index contributed by atoms with van der Waals surface area (Å²) in [6.07, 6.45) is 4.85. The highest BCUT2D eigenvalue weighted by atomic mass is 16.5. The number of urea groups is 1. The molecule has 0 spiro atoms. The predicted octanol–water partition coefficient (Wildman–Crippen LogP) is 1.62. The van der Waals surface area contributed by atoms with Crippen LogP contribution in [-0.4, -0.2) is 47.3 Å². The molecule has 7 nitrogen and oxygen atoms in total. The van der Waals surface area contributed by atoms with Crippen LogP contribution in [-0.2, 0) is 27.2 Å². The number of hydrogen-bond donors (Lipinski definition) is 1. The largest absolute Gasteiger partial charge is 0.456 e. The van der Waals surface area contributed by atoms with Gasteiger partial charge in [0.25, 0.3) is 5.91 Å². The number of nitrogens with zero attached hydrogens (tertiary/aromatic N) is 1. The van der Waals surface area contributed by atoms with Crippen molar-refractivity contribution < 1.29 is 23.9 Å². The first-order chi connectivity index (χ1) is 12.9. The van der Waals surface area contributed by atoms with Crippen LogP contribution in [0.5, 0.6) is 0 Å². The molecule has 4 rings (SSSR count). The fourth-order valence-corrected chi connectivity index (χ4v) is 3.95. The van der Waals surface area contributed by atoms with Crippen LogP contribution in [0.3, 0.4) is 0 Å². The molecule has 0 bridgehead atoms. The number of amides is 3. The van der Waals surface area contributed by atoms with Gasteiger partial charge in [-0.25, -0.2) is 4.79 Å². The van der Waals surface area contributed by atoms with Crippen LogP contribution < -0.4 is 5.32 Å². The molecule has 1 heterocycles. The number of fused-ring (bicyclic) bond motifs is 1. The molecule has 1 saturated heterocycles. The molecule has 3 amide bonds. The van der Waals surface area contributed by atoms with Gasteiger partial charge >= 0.3 is 12.0 Å². The Morgan fingerprint density at radius 2 is 1.96 bits per heavy atom. The summed E-state index contributed by atoms with van der Waals surface area (Å²) in [5, 5.41) is 2.67. The number of esters is 1. The van der Waals surface area contributed by atoms with E-state index in [1.54, 1.807) is 13.0 Å². The number of nitrogens with one attached hydrogen (secondary N) is 1. The molecular formula is C20H22N2O5. The Bertz CT molecular complexity index is 845. The summed E-state index contributed by atoms with van der Waals surface area (Å²) < 4.78 is 5.02. The highest BCUT2D eigenvalue weighted by Gasteiger charge is 2.56. The normalized spacial score (nSPS) is 24.0. The maximum absolute atomic E-state index is 12.5. The van der Waals surface area contributed by atoms with E-state index in [0.29, 0.717) is 5.56 Å². The van der Waals surface area contributed by atoms with Crippen LogP contribution in [0.25, 0.3) is 0 Å². The lowest BCUT2D eigenvalue weighted by Gasteiger charge is -2.20. The van der Waals surface area contributed by atoms with E-state index in [0.717, 1.165) is 37.0 Å². The summed E-state index contributed by atoms with van der Waals surface area (Å²) in [7, 11) is 0. The Labute approximate surface area is 157 Å². The molecule has 0 radical (unpaired) electrons. The number of imide groups is 1. The van der Waals surface area contributed by atoms with Crippen molar-refractivity contribution in [1.29, 1.82) is 0 Å². The van der Waals surface area contributed by atoms with Gasteiger partial charge in [-0.2, -0.15) is 0 Å². The van der Waals surface area contributed by atoms with Crippen molar-refractivity contribution >= 4 is 23.7 Å². The minimum absolute atomic E-state index is 0.122. The van der Waals surface area contributed by atoms with Crippen molar-refractivity contribution in [3.8, 4) is 0 Å². The Kier molecular flexibility index (Phi) is 4.25. The number of hydrogen-bond acceptors (Lipinski definition) is 5. The van der Waals surface area contributed by atoms with Gasteiger partial charge in [-0.15, -0.1) is 0 Å². The zero-order valence-corrected chi connectivity index (χ0v) is 15.2. The van der Waals surface area contributed by atoms with Gasteiger partial charge in [-0.1, -0.05) is 12.1 Å². The third kappa shape index (κ3) is 3.22. The number of aryl methyl sites for hydroxylation is 2. The van der Waals surface area contributed by atoms with Gasteiger partial charge in [0.1, 0.15) is 12.1 Å². The first-order valence-corrected chi connectivity index (χ1v) is 9.33. The second kappa shape index (κ2) is 6.48. The zero-order chi connectivity index (χ0) is 19.2. The van der Waals surface area contributed by atoms with Crippen LogP contribution in [0, 0.1) is 5.92 Å². The van der Waals surface area contributed by atoms with Gasteiger partial charge < -0.3 is 10.1 Å². The predicted molar refractivity (Wildman–Crippen MR) is 95.1 cm³/mol. The fraction of sp³-hybridized carbons (Fsp3) is 0.500. The van der Waals surface area contributed by atoms with Crippen molar-refractivity contribution in [3.63, 3.8) is 0 Å². The second-order valence-corrected chi connectivity index (χ2v) is 7.72. The Morgan fingerprint density at radius 3 is 2.70 bits per heavy atom. The summed E-state index contributed by atoms with van der Waals surface area (Å²) in [5.41, 5.74) is 2.02. The average molecular weight is 370 g/mol. The summed E-state index contributed by atoms with van der Waals surface area (Å²) in [6.45, 7) is 0.805. The second-order valence-electron chi connectivity index (χ2n) is 7.72. The SMILES string of the molecule is C[C@]1(C2CC2)NC(=O)N(CC(=O)OCC(=O)c2ccc3c(c2)CCC3)C1=O. The van der Waals surface area contributed by atoms with Gasteiger partial charge in [0, 0.05) is 5.56 Å². The first kappa shape index (κ1) is 17.7. The van der Waals surface area contributed by atoms with Crippen molar-refractivity contribution in [1.82, 2.24) is 10.2 Å². The number of ketones is 1. The Hall–Kier alpha value is -2.70. The van der Waals surface area contributed by atoms with Crippen molar-refractivity contribution in [3.05, 3.63) is 34.9 Å². The van der Waals surface area contributed by atoms with Gasteiger partial charge in [-0.05, 0) is 62.1 Å². The zero-order valence-electron chi connectivity index (χ0n) is 15.2. The molecule has 1 saturated carbocycles. The molecule has 0 unspecified atom stereocenters. The van der Waals surface area contributed by atoms with Gasteiger partial charge in [-0.3, -0.25) is 19.3 Å². The molecule has 1 aliphatic heterocycles. The lowest BCUT2D eigenvalue weighted by atomic mass is 9.96. The fourth-order valence-electron chi connectivity index (χ4n) is 3.95. The minimum Gasteiger partial charge on any atom is -0.456 e. The summed E-state index contributed by atoms with van der Waals surface area (Å²) in [6, 6.07) is 4.97. The number of ether oxygens (including phenoxy) is 1. The van der Waals surface area contributed by atoms with E-state index in [1.165, 1.54) is 11.1 Å². The smallest absolute Gasteiger partial charge is 0.326 e. The summed E-state index contributed by atoms with van der Waals surface area (Å²) >= 11 is 0. The molecule has 1 atom stereocenters. The number of Topliss-reactive ketones (excluding diaryl/α,β-unsaturated/α-hetero) is 1. The Balaban J connectivity index is 1.32. The highest BCUT2D eigenvalue weighted by Crippen LogP contribution is 2.42. The van der Waals surface area contributed by atoms with E-state index in [2.05, 4.69) is 5.32 Å². The molecule has 1 aromatic rings. The number of carbonyl (C=O) groups excluding carboxylic acids is 4. The lowest BCUT2D eigenvalue weighted by molar-refractivity contribution is -0.146. The monoisotopic (exact) mass is 370 g/mol. The molecule has 2 aliphatic carbocycles. The van der Waals surface area contributed by atoms with E-state index in [-0.39, 0.29) is 11.7 Å². The van der Waals surface area contributed by atoms with Crippen LogP contribution >= 0.6 is 0 Å². The molecular weight excluding hydrogens is 348 g/mol. The third-order valence-corrected chi connectivity index (χ3v) is 5.77. The number of benzene rings is 1. The van der Waals surface area contributed by atoms with Gasteiger partial charge in [0.15, 0.2) is 12.4 Å². The summed E-state index contributed by atoms with van der Waals surface area (Å²) in [5.74, 6) is -1.35. The lowest BCUT2D eigenvalue weighted by Crippen LogP contribution is -2.46. The van der Waals surface area contributed by atoms with E-state index in [9.17, 15) is 19.2 Å². The van der Waals surface area contributed by atoms with Gasteiger partial charge in [0.05, 0.1) is 0 Å². The van der Waals surface area contributed by atoms with Crippen molar-refractivity contribution in [2.75, 3.05) is 13.2 Å². The minimum atomic E-state index is -0.933. The maximum Gasteiger partial charge on any atom is 0.326 e.